The Kier molecular flexibility index (Phi) is 5.40. The van der Waals surface area contributed by atoms with Gasteiger partial charge in [-0.2, -0.15) is 0 Å². The first-order chi connectivity index (χ1) is 12.4. The van der Waals surface area contributed by atoms with E-state index >= 15 is 0 Å². The number of aromatic nitrogens is 2. The summed E-state index contributed by atoms with van der Waals surface area (Å²) in [6.07, 6.45) is 0. The van der Waals surface area contributed by atoms with Gasteiger partial charge in [0.15, 0.2) is 5.78 Å². The van der Waals surface area contributed by atoms with Gasteiger partial charge in [-0.05, 0) is 44.2 Å². The summed E-state index contributed by atoms with van der Waals surface area (Å²) >= 11 is 12.1. The molecule has 0 saturated carbocycles. The van der Waals surface area contributed by atoms with Crippen LogP contribution < -0.4 is 10.6 Å². The number of hydrogen-bond donors (Lipinski definition) is 2. The molecule has 7 heteroatoms. The van der Waals surface area contributed by atoms with Gasteiger partial charge in [0.25, 0.3) is 0 Å². The van der Waals surface area contributed by atoms with Crippen molar-refractivity contribution in [1.82, 2.24) is 9.97 Å². The summed E-state index contributed by atoms with van der Waals surface area (Å²) in [5.74, 6) is 1.79. The summed E-state index contributed by atoms with van der Waals surface area (Å²) in [5, 5.41) is 7.41. The Labute approximate surface area is 161 Å². The molecule has 1 heterocycles. The molecule has 3 aromatic rings. The first-order valence-electron chi connectivity index (χ1n) is 7.86. The van der Waals surface area contributed by atoms with Crippen LogP contribution in [0.5, 0.6) is 0 Å². The van der Waals surface area contributed by atoms with E-state index in [-0.39, 0.29) is 5.78 Å². The molecule has 3 rings (SSSR count). The van der Waals surface area contributed by atoms with Crippen molar-refractivity contribution in [2.75, 3.05) is 10.6 Å². The van der Waals surface area contributed by atoms with Crippen molar-refractivity contribution in [1.29, 1.82) is 0 Å². The number of carbonyl (C=O) groups excluding carboxylic acids is 1. The van der Waals surface area contributed by atoms with E-state index in [1.54, 1.807) is 43.3 Å². The number of hydrogen-bond acceptors (Lipinski definition) is 5. The molecule has 5 nitrogen and oxygen atoms in total. The minimum absolute atomic E-state index is 0.00672. The molecule has 0 bridgehead atoms. The molecule has 0 aliphatic carbocycles. The average molecular weight is 387 g/mol. The summed E-state index contributed by atoms with van der Waals surface area (Å²) in [5.41, 5.74) is 2.09. The average Bonchev–Trinajstić information content (AvgIpc) is 2.57. The number of halogens is 2. The molecule has 0 spiro atoms. The highest BCUT2D eigenvalue weighted by Crippen LogP contribution is 2.28. The van der Waals surface area contributed by atoms with Gasteiger partial charge < -0.3 is 10.6 Å². The summed E-state index contributed by atoms with van der Waals surface area (Å²) in [6, 6.07) is 14.2. The van der Waals surface area contributed by atoms with Crippen LogP contribution in [0.15, 0.2) is 48.5 Å². The van der Waals surface area contributed by atoms with Crippen LogP contribution in [-0.4, -0.2) is 15.8 Å². The third-order valence-electron chi connectivity index (χ3n) is 3.57. The quantitative estimate of drug-likeness (QED) is 0.543. The van der Waals surface area contributed by atoms with Crippen LogP contribution in [0, 0.1) is 6.92 Å². The highest BCUT2D eigenvalue weighted by molar-refractivity contribution is 6.36. The van der Waals surface area contributed by atoms with Crippen LogP contribution in [0.2, 0.25) is 10.0 Å². The monoisotopic (exact) mass is 386 g/mol. The van der Waals surface area contributed by atoms with Crippen LogP contribution in [0.25, 0.3) is 0 Å². The zero-order valence-corrected chi connectivity index (χ0v) is 15.7. The first-order valence-corrected chi connectivity index (χ1v) is 8.62. The normalized spacial score (nSPS) is 10.5. The lowest BCUT2D eigenvalue weighted by Gasteiger charge is -2.12. The Balaban J connectivity index is 1.85. The molecule has 2 aromatic carbocycles. The van der Waals surface area contributed by atoms with Crippen molar-refractivity contribution in [2.45, 2.75) is 13.8 Å². The van der Waals surface area contributed by atoms with Crippen molar-refractivity contribution in [3.05, 3.63) is 70.0 Å². The molecule has 26 heavy (non-hydrogen) atoms. The highest BCUT2D eigenvalue weighted by atomic mass is 35.5. The van der Waals surface area contributed by atoms with Crippen LogP contribution in [-0.2, 0) is 0 Å². The number of carbonyl (C=O) groups is 1. The number of aryl methyl sites for hydroxylation is 1. The Morgan fingerprint density at radius 2 is 1.69 bits per heavy atom. The molecule has 132 valence electrons. The van der Waals surface area contributed by atoms with Gasteiger partial charge >= 0.3 is 0 Å². The van der Waals surface area contributed by atoms with E-state index in [0.717, 1.165) is 5.69 Å². The van der Waals surface area contributed by atoms with Crippen molar-refractivity contribution >= 4 is 52.0 Å². The Bertz CT molecular complexity index is 976. The van der Waals surface area contributed by atoms with Gasteiger partial charge in [-0.15, -0.1) is 0 Å². The first kappa shape index (κ1) is 18.2. The molecule has 0 atom stereocenters. The third-order valence-corrected chi connectivity index (χ3v) is 4.12. The number of anilines is 4. The van der Waals surface area contributed by atoms with E-state index in [4.69, 9.17) is 23.2 Å². The Morgan fingerprint density at radius 1 is 0.962 bits per heavy atom. The van der Waals surface area contributed by atoms with E-state index < -0.39 is 0 Å². The third kappa shape index (κ3) is 4.50. The lowest BCUT2D eigenvalue weighted by atomic mass is 10.1. The van der Waals surface area contributed by atoms with E-state index in [2.05, 4.69) is 20.6 Å². The van der Waals surface area contributed by atoms with Gasteiger partial charge in [-0.3, -0.25) is 4.79 Å². The molecule has 0 radical (unpaired) electrons. The van der Waals surface area contributed by atoms with Gasteiger partial charge in [0.2, 0.25) is 0 Å². The summed E-state index contributed by atoms with van der Waals surface area (Å²) in [7, 11) is 0. The fourth-order valence-electron chi connectivity index (χ4n) is 2.39. The van der Waals surface area contributed by atoms with Crippen LogP contribution in [0.1, 0.15) is 23.1 Å². The molecule has 0 saturated heterocycles. The smallest absolute Gasteiger partial charge is 0.159 e. The molecule has 0 fully saturated rings. The number of Topliss-reactive ketones (excluding diaryl/α,β-unsaturated/α-hetero) is 1. The number of ketones is 1. The second kappa shape index (κ2) is 7.72. The topological polar surface area (TPSA) is 66.9 Å². The van der Waals surface area contributed by atoms with Gasteiger partial charge in [0.05, 0.1) is 10.7 Å². The maximum Gasteiger partial charge on any atom is 0.159 e. The number of rotatable bonds is 5. The second-order valence-corrected chi connectivity index (χ2v) is 6.54. The zero-order chi connectivity index (χ0) is 18.7. The summed E-state index contributed by atoms with van der Waals surface area (Å²) in [6.45, 7) is 3.33. The van der Waals surface area contributed by atoms with E-state index in [1.807, 2.05) is 12.1 Å². The van der Waals surface area contributed by atoms with E-state index in [1.165, 1.54) is 6.92 Å². The maximum absolute atomic E-state index is 11.5. The van der Waals surface area contributed by atoms with E-state index in [0.29, 0.717) is 38.8 Å². The van der Waals surface area contributed by atoms with Gasteiger partial charge in [-0.25, -0.2) is 9.97 Å². The molecule has 0 amide bonds. The van der Waals surface area contributed by atoms with Crippen molar-refractivity contribution in [3.8, 4) is 0 Å². The molecule has 0 aliphatic heterocycles. The minimum Gasteiger partial charge on any atom is -0.340 e. The maximum atomic E-state index is 11.5. The fourth-order valence-corrected chi connectivity index (χ4v) is 2.84. The molecular weight excluding hydrogens is 371 g/mol. The number of nitrogens with zero attached hydrogens (tertiary/aromatic N) is 2. The second-order valence-electron chi connectivity index (χ2n) is 5.70. The number of benzene rings is 2. The van der Waals surface area contributed by atoms with E-state index in [9.17, 15) is 4.79 Å². The largest absolute Gasteiger partial charge is 0.340 e. The van der Waals surface area contributed by atoms with Crippen LogP contribution in [0.4, 0.5) is 23.0 Å². The Morgan fingerprint density at radius 3 is 2.38 bits per heavy atom. The molecule has 2 N–H and O–H groups in total. The predicted octanol–water partition coefficient (Wildman–Crippen LogP) is 5.78. The zero-order valence-electron chi connectivity index (χ0n) is 14.2. The van der Waals surface area contributed by atoms with Crippen LogP contribution in [0.3, 0.4) is 0 Å². The molecular formula is C19H16Cl2N4O. The van der Waals surface area contributed by atoms with Crippen molar-refractivity contribution in [2.24, 2.45) is 0 Å². The SMILES string of the molecule is CC(=O)c1cccc(Nc2cc(Nc3ccc(Cl)cc3Cl)nc(C)n2)c1. The van der Waals surface area contributed by atoms with Gasteiger partial charge in [-0.1, -0.05) is 35.3 Å². The molecule has 0 unspecified atom stereocenters. The molecule has 1 aromatic heterocycles. The van der Waals surface area contributed by atoms with Gasteiger partial charge in [0.1, 0.15) is 17.5 Å². The number of nitrogens with one attached hydrogen (secondary N) is 2. The predicted molar refractivity (Wildman–Crippen MR) is 106 cm³/mol. The van der Waals surface area contributed by atoms with Crippen molar-refractivity contribution in [3.63, 3.8) is 0 Å². The highest BCUT2D eigenvalue weighted by Gasteiger charge is 2.07. The van der Waals surface area contributed by atoms with Crippen molar-refractivity contribution < 1.29 is 4.79 Å². The minimum atomic E-state index is 0.00672. The van der Waals surface area contributed by atoms with Crippen LogP contribution >= 0.6 is 23.2 Å². The standard InChI is InChI=1S/C19H16Cl2N4O/c1-11(26)13-4-3-5-15(8-13)24-18-10-19(23-12(2)22-18)25-17-7-6-14(20)9-16(17)21/h3-10H,1-2H3,(H2,22,23,24,25). The van der Waals surface area contributed by atoms with Gasteiger partial charge in [0, 0.05) is 22.3 Å². The summed E-state index contributed by atoms with van der Waals surface area (Å²) in [4.78, 5) is 20.3. The Hall–Kier alpha value is -2.63. The molecule has 0 aliphatic rings. The lowest BCUT2D eigenvalue weighted by molar-refractivity contribution is 0.101. The lowest BCUT2D eigenvalue weighted by Crippen LogP contribution is -2.02. The fraction of sp³-hybridized carbons (Fsp3) is 0.105. The summed E-state index contributed by atoms with van der Waals surface area (Å²) < 4.78 is 0.